The SMILES string of the molecule is CCOC1OC(COC(C)=O)C(OC2OC(COC(C)=O)C(OC3OC(COC(C)=O)C(OC(C)=O)C(OC(C)=O)C3OC(C)=O)C(OC(C)=O)C2OC(C)=O)C(OC(C)=O)C1OC(C)=O. The van der Waals surface area contributed by atoms with Crippen LogP contribution in [0.5, 0.6) is 0 Å². The van der Waals surface area contributed by atoms with Gasteiger partial charge >= 0.3 is 59.7 Å². The fraction of sp³-hybridized carbons (Fsp3) is 0.750. The Morgan fingerprint density at radius 3 is 0.848 bits per heavy atom. The van der Waals surface area contributed by atoms with Crippen molar-refractivity contribution >= 4 is 59.7 Å². The number of rotatable bonds is 19. The predicted molar refractivity (Wildman–Crippen MR) is 206 cm³/mol. The maximum atomic E-state index is 13.0. The fourth-order valence-corrected chi connectivity index (χ4v) is 7.05. The van der Waals surface area contributed by atoms with Crippen LogP contribution in [0.25, 0.3) is 0 Å². The number of carbonyl (C=O) groups excluding carboxylic acids is 10. The van der Waals surface area contributed by atoms with E-state index >= 15 is 0 Å². The molecule has 0 saturated carbocycles. The molecule has 15 atom stereocenters. The zero-order valence-corrected chi connectivity index (χ0v) is 38.1. The van der Waals surface area contributed by atoms with E-state index in [2.05, 4.69) is 0 Å². The lowest BCUT2D eigenvalue weighted by molar-refractivity contribution is -0.380. The molecule has 0 N–H and O–H groups in total. The van der Waals surface area contributed by atoms with Crippen LogP contribution in [0, 0.1) is 0 Å². The normalized spacial score (nSPS) is 31.7. The molecule has 15 unspecified atom stereocenters. The van der Waals surface area contributed by atoms with Gasteiger partial charge in [0.2, 0.25) is 0 Å². The summed E-state index contributed by atoms with van der Waals surface area (Å²) in [5.74, 6) is -9.29. The summed E-state index contributed by atoms with van der Waals surface area (Å²) < 4.78 is 91.5. The zero-order valence-electron chi connectivity index (χ0n) is 38.1. The standard InChI is InChI=1S/C40H56O26/c1-12-51-38-35(59-23(9)48)33(57-21(7)46)30(27(62-38)14-53-17(3)42)65-40-37(61-25(11)50)34(58-22(8)47)31(28(64-40)15-54-18(4)43)66-39-36(60-24(10)49)32(56-20(6)45)29(55-19(5)44)26(63-39)13-52-16(2)41/h26-40H,12-15H2,1-11H3. The van der Waals surface area contributed by atoms with Gasteiger partial charge in [0.25, 0.3) is 0 Å². The lowest BCUT2D eigenvalue weighted by atomic mass is 9.95. The van der Waals surface area contributed by atoms with Gasteiger partial charge in [-0.1, -0.05) is 0 Å². The minimum Gasteiger partial charge on any atom is -0.463 e. The molecule has 0 spiro atoms. The maximum Gasteiger partial charge on any atom is 0.303 e. The van der Waals surface area contributed by atoms with Crippen molar-refractivity contribution in [3.63, 3.8) is 0 Å². The summed E-state index contributed by atoms with van der Waals surface area (Å²) in [7, 11) is 0. The molecule has 66 heavy (non-hydrogen) atoms. The molecule has 26 nitrogen and oxygen atoms in total. The fourth-order valence-electron chi connectivity index (χ4n) is 7.05. The van der Waals surface area contributed by atoms with Crippen LogP contribution >= 0.6 is 0 Å². The number of carbonyl (C=O) groups is 10. The summed E-state index contributed by atoms with van der Waals surface area (Å²) in [5.41, 5.74) is 0. The zero-order chi connectivity index (χ0) is 49.6. The first kappa shape index (κ1) is 54.8. The Kier molecular flexibility index (Phi) is 21.1. The topological polar surface area (TPSA) is 318 Å². The van der Waals surface area contributed by atoms with E-state index in [4.69, 9.17) is 75.8 Å². The van der Waals surface area contributed by atoms with E-state index in [1.807, 2.05) is 0 Å². The predicted octanol–water partition coefficient (Wildman–Crippen LogP) is -0.821. The second-order valence-corrected chi connectivity index (χ2v) is 14.7. The second kappa shape index (κ2) is 25.4. The van der Waals surface area contributed by atoms with Crippen molar-refractivity contribution in [2.75, 3.05) is 26.4 Å². The molecule has 3 rings (SSSR count). The molecule has 0 aromatic rings. The van der Waals surface area contributed by atoms with Crippen LogP contribution in [0.4, 0.5) is 0 Å². The van der Waals surface area contributed by atoms with Crippen molar-refractivity contribution in [2.24, 2.45) is 0 Å². The van der Waals surface area contributed by atoms with Gasteiger partial charge in [0, 0.05) is 75.8 Å². The van der Waals surface area contributed by atoms with Gasteiger partial charge in [-0.15, -0.1) is 0 Å². The molecule has 3 aliphatic rings. The van der Waals surface area contributed by atoms with Crippen molar-refractivity contribution in [1.29, 1.82) is 0 Å². The molecule has 0 aromatic carbocycles. The third-order valence-electron chi connectivity index (χ3n) is 9.15. The van der Waals surface area contributed by atoms with E-state index in [-0.39, 0.29) is 6.61 Å². The van der Waals surface area contributed by atoms with Gasteiger partial charge in [-0.3, -0.25) is 47.9 Å². The Balaban J connectivity index is 2.29. The van der Waals surface area contributed by atoms with Crippen molar-refractivity contribution in [2.45, 2.75) is 168 Å². The number of ether oxygens (including phenoxy) is 16. The average molecular weight is 953 g/mol. The Labute approximate surface area is 377 Å². The lowest BCUT2D eigenvalue weighted by Gasteiger charge is -2.50. The lowest BCUT2D eigenvalue weighted by Crippen LogP contribution is -2.69. The molecule has 0 amide bonds. The van der Waals surface area contributed by atoms with Crippen molar-refractivity contribution in [1.82, 2.24) is 0 Å². The molecule has 3 aliphatic heterocycles. The summed E-state index contributed by atoms with van der Waals surface area (Å²) >= 11 is 0. The van der Waals surface area contributed by atoms with Crippen LogP contribution in [0.1, 0.15) is 76.2 Å². The van der Waals surface area contributed by atoms with Crippen molar-refractivity contribution in [3.05, 3.63) is 0 Å². The minimum absolute atomic E-state index is 0.0237. The molecular weight excluding hydrogens is 896 g/mol. The molecule has 3 fully saturated rings. The van der Waals surface area contributed by atoms with Gasteiger partial charge in [0.1, 0.15) is 50.3 Å². The molecule has 26 heteroatoms. The van der Waals surface area contributed by atoms with E-state index in [9.17, 15) is 47.9 Å². The highest BCUT2D eigenvalue weighted by Crippen LogP contribution is 2.38. The summed E-state index contributed by atoms with van der Waals surface area (Å²) in [6, 6.07) is 0. The van der Waals surface area contributed by atoms with Gasteiger partial charge in [0.05, 0.1) is 0 Å². The quantitative estimate of drug-likeness (QED) is 0.113. The van der Waals surface area contributed by atoms with Crippen LogP contribution in [0.2, 0.25) is 0 Å². The van der Waals surface area contributed by atoms with Crippen LogP contribution < -0.4 is 0 Å². The average Bonchev–Trinajstić information content (AvgIpc) is 3.17. The highest BCUT2D eigenvalue weighted by atomic mass is 16.8. The number of hydrogen-bond acceptors (Lipinski definition) is 26. The molecule has 0 aliphatic carbocycles. The second-order valence-electron chi connectivity index (χ2n) is 14.7. The Morgan fingerprint density at radius 1 is 0.318 bits per heavy atom. The smallest absolute Gasteiger partial charge is 0.303 e. The monoisotopic (exact) mass is 952 g/mol. The maximum absolute atomic E-state index is 13.0. The summed E-state index contributed by atoms with van der Waals surface area (Å²) in [6.45, 7) is 9.62. The highest BCUT2D eigenvalue weighted by Gasteiger charge is 2.60. The van der Waals surface area contributed by atoms with Crippen LogP contribution in [-0.4, -0.2) is 178 Å². The third-order valence-corrected chi connectivity index (χ3v) is 9.15. The van der Waals surface area contributed by atoms with E-state index in [1.54, 1.807) is 6.92 Å². The first-order valence-electron chi connectivity index (χ1n) is 20.4. The molecule has 3 saturated heterocycles. The van der Waals surface area contributed by atoms with E-state index < -0.39 is 172 Å². The molecule has 0 aromatic heterocycles. The largest absolute Gasteiger partial charge is 0.463 e. The Morgan fingerprint density at radius 2 is 0.561 bits per heavy atom. The summed E-state index contributed by atoms with van der Waals surface area (Å²) in [4.78, 5) is 125. The molecule has 3 heterocycles. The van der Waals surface area contributed by atoms with Gasteiger partial charge in [-0.05, 0) is 6.92 Å². The molecular formula is C40H56O26. The van der Waals surface area contributed by atoms with Gasteiger partial charge in [-0.25, -0.2) is 0 Å². The van der Waals surface area contributed by atoms with Gasteiger partial charge in [0.15, 0.2) is 61.6 Å². The van der Waals surface area contributed by atoms with Crippen LogP contribution in [-0.2, 0) is 124 Å². The molecule has 0 radical (unpaired) electrons. The van der Waals surface area contributed by atoms with E-state index in [0.29, 0.717) is 0 Å². The third kappa shape index (κ3) is 16.4. The molecule has 0 bridgehead atoms. The van der Waals surface area contributed by atoms with Gasteiger partial charge in [-0.2, -0.15) is 0 Å². The minimum atomic E-state index is -1.98. The highest BCUT2D eigenvalue weighted by molar-refractivity contribution is 5.70. The summed E-state index contributed by atoms with van der Waals surface area (Å²) in [5, 5.41) is 0. The number of esters is 10. The van der Waals surface area contributed by atoms with Crippen LogP contribution in [0.15, 0.2) is 0 Å². The number of hydrogen-bond donors (Lipinski definition) is 0. The van der Waals surface area contributed by atoms with Crippen molar-refractivity contribution < 1.29 is 124 Å². The van der Waals surface area contributed by atoms with Gasteiger partial charge < -0.3 is 75.8 Å². The Bertz CT molecular complexity index is 1770. The molecule has 372 valence electrons. The van der Waals surface area contributed by atoms with Crippen molar-refractivity contribution in [3.8, 4) is 0 Å². The van der Waals surface area contributed by atoms with E-state index in [0.717, 1.165) is 69.2 Å². The first-order chi connectivity index (χ1) is 30.9. The van der Waals surface area contributed by atoms with E-state index in [1.165, 1.54) is 0 Å². The van der Waals surface area contributed by atoms with Crippen LogP contribution in [0.3, 0.4) is 0 Å². The Hall–Kier alpha value is -5.54. The first-order valence-corrected chi connectivity index (χ1v) is 20.4. The summed E-state index contributed by atoms with van der Waals surface area (Å²) in [6.07, 6.45) is -25.9.